The summed E-state index contributed by atoms with van der Waals surface area (Å²) in [6.45, 7) is 0.629. The predicted molar refractivity (Wildman–Crippen MR) is 71.8 cm³/mol. The number of nitrogens with one attached hydrogen (secondary N) is 2. The summed E-state index contributed by atoms with van der Waals surface area (Å²) in [7, 11) is 0. The molecule has 110 valence electrons. The molecule has 0 aliphatic carbocycles. The van der Waals surface area contributed by atoms with Crippen LogP contribution >= 0.6 is 0 Å². The molecule has 8 nitrogen and oxygen atoms in total. The number of amides is 1. The molecule has 1 aliphatic rings. The molecule has 1 aliphatic heterocycles. The van der Waals surface area contributed by atoms with Gasteiger partial charge in [-0.1, -0.05) is 0 Å². The lowest BCUT2D eigenvalue weighted by Crippen LogP contribution is -2.57. The molecule has 2 aromatic rings. The van der Waals surface area contributed by atoms with Gasteiger partial charge in [0.25, 0.3) is 5.91 Å². The lowest BCUT2D eigenvalue weighted by molar-refractivity contribution is -0.148. The number of fused-ring (bicyclic) bond motifs is 1. The van der Waals surface area contributed by atoms with E-state index in [-0.39, 0.29) is 12.8 Å². The first kappa shape index (κ1) is 13.5. The Morgan fingerprint density at radius 3 is 2.67 bits per heavy atom. The summed E-state index contributed by atoms with van der Waals surface area (Å²) < 4.78 is 5.17. The Hall–Kier alpha value is -2.48. The Morgan fingerprint density at radius 1 is 1.24 bits per heavy atom. The molecule has 3 N–H and O–H groups in total. The number of hydrogen-bond acceptors (Lipinski definition) is 5. The highest BCUT2D eigenvalue weighted by molar-refractivity contribution is 6.00. The van der Waals surface area contributed by atoms with Crippen LogP contribution in [0.4, 0.5) is 0 Å². The van der Waals surface area contributed by atoms with Crippen LogP contribution in [-0.2, 0) is 9.53 Å². The summed E-state index contributed by atoms with van der Waals surface area (Å²) >= 11 is 0. The van der Waals surface area contributed by atoms with Crippen molar-refractivity contribution in [2.45, 2.75) is 18.4 Å². The van der Waals surface area contributed by atoms with Crippen LogP contribution in [0.15, 0.2) is 18.2 Å². The maximum absolute atomic E-state index is 12.3. The third-order valence-corrected chi connectivity index (χ3v) is 3.69. The van der Waals surface area contributed by atoms with Gasteiger partial charge in [0.1, 0.15) is 16.6 Å². The van der Waals surface area contributed by atoms with Gasteiger partial charge in [-0.2, -0.15) is 15.4 Å². The van der Waals surface area contributed by atoms with Gasteiger partial charge < -0.3 is 15.2 Å². The molecule has 0 saturated carbocycles. The number of aromatic amines is 1. The smallest absolute Gasteiger partial charge is 0.329 e. The van der Waals surface area contributed by atoms with Crippen LogP contribution in [0.3, 0.4) is 0 Å². The molecule has 0 radical (unpaired) electrons. The fourth-order valence-electron chi connectivity index (χ4n) is 2.38. The summed E-state index contributed by atoms with van der Waals surface area (Å²) in [5, 5.41) is 22.3. The molecular formula is C13H14N4O4. The van der Waals surface area contributed by atoms with Crippen LogP contribution in [0.25, 0.3) is 11.0 Å². The van der Waals surface area contributed by atoms with Crippen molar-refractivity contribution in [2.75, 3.05) is 13.2 Å². The van der Waals surface area contributed by atoms with Crippen LogP contribution in [0.2, 0.25) is 0 Å². The van der Waals surface area contributed by atoms with Gasteiger partial charge in [0, 0.05) is 31.6 Å². The first-order chi connectivity index (χ1) is 10.1. The van der Waals surface area contributed by atoms with E-state index >= 15 is 0 Å². The Labute approximate surface area is 119 Å². The van der Waals surface area contributed by atoms with Crippen molar-refractivity contribution in [1.29, 1.82) is 0 Å². The average molecular weight is 290 g/mol. The Bertz CT molecular complexity index is 690. The van der Waals surface area contributed by atoms with Crippen LogP contribution in [-0.4, -0.2) is 51.1 Å². The van der Waals surface area contributed by atoms with Crippen molar-refractivity contribution in [3.63, 3.8) is 0 Å². The zero-order valence-electron chi connectivity index (χ0n) is 11.1. The van der Waals surface area contributed by atoms with E-state index in [1.807, 2.05) is 0 Å². The largest absolute Gasteiger partial charge is 0.480 e. The molecule has 1 fully saturated rings. The van der Waals surface area contributed by atoms with Crippen LogP contribution in [0.5, 0.6) is 0 Å². The van der Waals surface area contributed by atoms with Gasteiger partial charge in [-0.25, -0.2) is 4.79 Å². The van der Waals surface area contributed by atoms with Crippen molar-refractivity contribution in [3.8, 4) is 0 Å². The minimum Gasteiger partial charge on any atom is -0.480 e. The normalized spacial score (nSPS) is 17.5. The Balaban J connectivity index is 1.85. The van der Waals surface area contributed by atoms with E-state index in [0.29, 0.717) is 29.8 Å². The van der Waals surface area contributed by atoms with E-state index in [2.05, 4.69) is 20.7 Å². The molecule has 2 heterocycles. The van der Waals surface area contributed by atoms with Gasteiger partial charge in [-0.3, -0.25) is 4.79 Å². The number of aliphatic carboxylic acids is 1. The van der Waals surface area contributed by atoms with E-state index in [1.165, 1.54) is 0 Å². The lowest BCUT2D eigenvalue weighted by atomic mass is 9.89. The fourth-order valence-corrected chi connectivity index (χ4v) is 2.38. The third kappa shape index (κ3) is 2.45. The topological polar surface area (TPSA) is 117 Å². The number of nitrogens with zero attached hydrogens (tertiary/aromatic N) is 2. The molecule has 3 rings (SSSR count). The quantitative estimate of drug-likeness (QED) is 0.749. The minimum atomic E-state index is -1.27. The average Bonchev–Trinajstić information content (AvgIpc) is 2.95. The third-order valence-electron chi connectivity index (χ3n) is 3.69. The summed E-state index contributed by atoms with van der Waals surface area (Å²) in [5.74, 6) is -1.48. The summed E-state index contributed by atoms with van der Waals surface area (Å²) in [4.78, 5) is 23.8. The van der Waals surface area contributed by atoms with Gasteiger partial charge in [-0.05, 0) is 18.2 Å². The Kier molecular flexibility index (Phi) is 3.30. The van der Waals surface area contributed by atoms with E-state index in [0.717, 1.165) is 0 Å². The molecule has 1 saturated heterocycles. The van der Waals surface area contributed by atoms with Crippen LogP contribution in [0, 0.1) is 0 Å². The van der Waals surface area contributed by atoms with Crippen molar-refractivity contribution in [2.24, 2.45) is 0 Å². The molecule has 0 spiro atoms. The molecule has 1 amide bonds. The van der Waals surface area contributed by atoms with Gasteiger partial charge in [0.15, 0.2) is 0 Å². The SMILES string of the molecule is O=C(NC1(C(=O)O)CCOCC1)c1ccc2n[nH]nc2c1. The highest BCUT2D eigenvalue weighted by Crippen LogP contribution is 2.22. The second-order valence-corrected chi connectivity index (χ2v) is 4.98. The van der Waals surface area contributed by atoms with Gasteiger partial charge in [0.2, 0.25) is 0 Å². The fraction of sp³-hybridized carbons (Fsp3) is 0.385. The van der Waals surface area contributed by atoms with Crippen LogP contribution < -0.4 is 5.32 Å². The monoisotopic (exact) mass is 290 g/mol. The van der Waals surface area contributed by atoms with E-state index in [1.54, 1.807) is 18.2 Å². The molecule has 1 aromatic heterocycles. The molecule has 21 heavy (non-hydrogen) atoms. The van der Waals surface area contributed by atoms with Crippen molar-refractivity contribution in [3.05, 3.63) is 23.8 Å². The minimum absolute atomic E-state index is 0.250. The summed E-state index contributed by atoms with van der Waals surface area (Å²) in [6, 6.07) is 4.82. The first-order valence-corrected chi connectivity index (χ1v) is 6.55. The van der Waals surface area contributed by atoms with E-state index in [4.69, 9.17) is 4.74 Å². The Morgan fingerprint density at radius 2 is 1.95 bits per heavy atom. The number of carboxylic acid groups (broad SMARTS) is 1. The number of ether oxygens (including phenoxy) is 1. The van der Waals surface area contributed by atoms with E-state index < -0.39 is 17.4 Å². The number of rotatable bonds is 3. The molecule has 0 atom stereocenters. The van der Waals surface area contributed by atoms with Crippen LogP contribution in [0.1, 0.15) is 23.2 Å². The number of carbonyl (C=O) groups is 2. The predicted octanol–water partition coefficient (Wildman–Crippen LogP) is 0.321. The van der Waals surface area contributed by atoms with Crippen molar-refractivity contribution in [1.82, 2.24) is 20.7 Å². The van der Waals surface area contributed by atoms with Gasteiger partial charge in [0.05, 0.1) is 0 Å². The molecule has 8 heteroatoms. The number of hydrogen-bond donors (Lipinski definition) is 3. The molecular weight excluding hydrogens is 276 g/mol. The number of aromatic nitrogens is 3. The number of carbonyl (C=O) groups excluding carboxylic acids is 1. The molecule has 0 unspecified atom stereocenters. The van der Waals surface area contributed by atoms with E-state index in [9.17, 15) is 14.7 Å². The summed E-state index contributed by atoms with van der Waals surface area (Å²) in [6.07, 6.45) is 0.501. The van der Waals surface area contributed by atoms with Crippen molar-refractivity contribution >= 4 is 22.9 Å². The first-order valence-electron chi connectivity index (χ1n) is 6.55. The number of carboxylic acids is 1. The van der Waals surface area contributed by atoms with Gasteiger partial charge >= 0.3 is 5.97 Å². The second-order valence-electron chi connectivity index (χ2n) is 4.98. The second kappa shape index (κ2) is 5.13. The number of benzene rings is 1. The molecule has 0 bridgehead atoms. The number of H-pyrrole nitrogens is 1. The highest BCUT2D eigenvalue weighted by atomic mass is 16.5. The van der Waals surface area contributed by atoms with Gasteiger partial charge in [-0.15, -0.1) is 0 Å². The van der Waals surface area contributed by atoms with Crippen molar-refractivity contribution < 1.29 is 19.4 Å². The zero-order valence-corrected chi connectivity index (χ0v) is 11.1. The maximum atomic E-state index is 12.3. The highest BCUT2D eigenvalue weighted by Gasteiger charge is 2.41. The molecule has 1 aromatic carbocycles. The maximum Gasteiger partial charge on any atom is 0.329 e. The standard InChI is InChI=1S/C13H14N4O4/c18-11(8-1-2-9-10(7-8)16-17-15-9)14-13(12(19)20)3-5-21-6-4-13/h1-2,7H,3-6H2,(H,14,18)(H,19,20)(H,15,16,17). The lowest BCUT2D eigenvalue weighted by Gasteiger charge is -2.33. The summed E-state index contributed by atoms with van der Waals surface area (Å²) in [5.41, 5.74) is 0.279. The zero-order chi connectivity index (χ0) is 14.9.